The van der Waals surface area contributed by atoms with E-state index in [-0.39, 0.29) is 5.78 Å². The lowest BCUT2D eigenvalue weighted by atomic mass is 10.1. The van der Waals surface area contributed by atoms with E-state index in [2.05, 4.69) is 15.9 Å². The minimum atomic E-state index is 0.105. The van der Waals surface area contributed by atoms with Gasteiger partial charge in [-0.1, -0.05) is 12.8 Å². The largest absolute Gasteiger partial charge is 0.374 e. The van der Waals surface area contributed by atoms with Crippen molar-refractivity contribution in [1.82, 2.24) is 4.37 Å². The van der Waals surface area contributed by atoms with Gasteiger partial charge in [-0.3, -0.25) is 4.79 Å². The molecule has 0 amide bonds. The van der Waals surface area contributed by atoms with E-state index >= 15 is 0 Å². The fraction of sp³-hybridized carbons (Fsp3) is 0.692. The molecular formula is C13H20N2OS2. The molecule has 1 N–H and O–H groups in total. The molecule has 5 heteroatoms. The Balaban J connectivity index is 2.08. The minimum Gasteiger partial charge on any atom is -0.374 e. The molecule has 0 saturated heterocycles. The Bertz CT molecular complexity index is 436. The van der Waals surface area contributed by atoms with Gasteiger partial charge >= 0.3 is 0 Å². The van der Waals surface area contributed by atoms with Crippen molar-refractivity contribution < 1.29 is 4.79 Å². The van der Waals surface area contributed by atoms with Crippen LogP contribution in [0.3, 0.4) is 0 Å². The monoisotopic (exact) mass is 284 g/mol. The van der Waals surface area contributed by atoms with Gasteiger partial charge in [0.15, 0.2) is 5.78 Å². The number of anilines is 1. The zero-order chi connectivity index (χ0) is 13.2. The molecule has 1 fully saturated rings. The fourth-order valence-electron chi connectivity index (χ4n) is 2.62. The second-order valence-corrected chi connectivity index (χ2v) is 7.02. The Kier molecular flexibility index (Phi) is 4.33. The summed E-state index contributed by atoms with van der Waals surface area (Å²) in [5, 5.41) is 4.41. The Labute approximate surface area is 117 Å². The van der Waals surface area contributed by atoms with Gasteiger partial charge in [0, 0.05) is 11.3 Å². The number of rotatable bonds is 5. The van der Waals surface area contributed by atoms with Crippen LogP contribution in [0, 0.1) is 6.92 Å². The zero-order valence-electron chi connectivity index (χ0n) is 11.2. The molecule has 0 aromatic carbocycles. The maximum absolute atomic E-state index is 11.6. The summed E-state index contributed by atoms with van der Waals surface area (Å²) in [6.45, 7) is 4.45. The number of carbonyl (C=O) groups is 1. The summed E-state index contributed by atoms with van der Waals surface area (Å²) in [7, 11) is 0. The molecule has 18 heavy (non-hydrogen) atoms. The number of ketones is 1. The summed E-state index contributed by atoms with van der Waals surface area (Å²) < 4.78 is 4.64. The third kappa shape index (κ3) is 2.72. The van der Waals surface area contributed by atoms with Crippen molar-refractivity contribution in [2.24, 2.45) is 0 Å². The van der Waals surface area contributed by atoms with Crippen LogP contribution in [0.5, 0.6) is 0 Å². The third-order valence-electron chi connectivity index (χ3n) is 3.73. The van der Waals surface area contributed by atoms with E-state index in [0.29, 0.717) is 4.75 Å². The topological polar surface area (TPSA) is 42.0 Å². The number of aromatic nitrogens is 1. The van der Waals surface area contributed by atoms with E-state index in [4.69, 9.17) is 0 Å². The molecule has 1 aromatic heterocycles. The zero-order valence-corrected chi connectivity index (χ0v) is 12.8. The first-order chi connectivity index (χ1) is 8.58. The average molecular weight is 284 g/mol. The lowest BCUT2D eigenvalue weighted by Gasteiger charge is -2.27. The molecule has 0 unspecified atom stereocenters. The van der Waals surface area contributed by atoms with Crippen LogP contribution in [0.1, 0.15) is 48.7 Å². The Morgan fingerprint density at radius 2 is 2.17 bits per heavy atom. The summed E-state index contributed by atoms with van der Waals surface area (Å²) in [6.07, 6.45) is 7.38. The van der Waals surface area contributed by atoms with Crippen LogP contribution >= 0.6 is 23.3 Å². The van der Waals surface area contributed by atoms with Crippen LogP contribution < -0.4 is 5.32 Å². The maximum atomic E-state index is 11.6. The van der Waals surface area contributed by atoms with E-state index in [9.17, 15) is 4.79 Å². The Morgan fingerprint density at radius 1 is 1.50 bits per heavy atom. The van der Waals surface area contributed by atoms with E-state index in [0.717, 1.165) is 22.8 Å². The first-order valence-electron chi connectivity index (χ1n) is 6.34. The SMILES string of the molecule is CSC1(CNc2snc(C)c2C(C)=O)CCCC1. The van der Waals surface area contributed by atoms with Gasteiger partial charge in [0.1, 0.15) is 5.00 Å². The van der Waals surface area contributed by atoms with E-state index in [1.54, 1.807) is 6.92 Å². The van der Waals surface area contributed by atoms with Crippen LogP contribution in [0.4, 0.5) is 5.00 Å². The van der Waals surface area contributed by atoms with Crippen LogP contribution in [0.2, 0.25) is 0 Å². The van der Waals surface area contributed by atoms with Gasteiger partial charge in [-0.25, -0.2) is 0 Å². The summed E-state index contributed by atoms with van der Waals surface area (Å²) in [4.78, 5) is 11.6. The molecule has 1 aliphatic rings. The predicted octanol–water partition coefficient (Wildman–Crippen LogP) is 3.74. The lowest BCUT2D eigenvalue weighted by Crippen LogP contribution is -2.30. The van der Waals surface area contributed by atoms with Crippen molar-refractivity contribution >= 4 is 34.1 Å². The molecular weight excluding hydrogens is 264 g/mol. The summed E-state index contributed by atoms with van der Waals surface area (Å²) >= 11 is 3.36. The van der Waals surface area contributed by atoms with Gasteiger partial charge in [0.05, 0.1) is 11.3 Å². The highest BCUT2D eigenvalue weighted by Crippen LogP contribution is 2.40. The van der Waals surface area contributed by atoms with Crippen LogP contribution in [-0.4, -0.2) is 27.7 Å². The summed E-state index contributed by atoms with van der Waals surface area (Å²) in [5.74, 6) is 0.105. The highest BCUT2D eigenvalue weighted by molar-refractivity contribution is 8.00. The average Bonchev–Trinajstić information content (AvgIpc) is 2.94. The minimum absolute atomic E-state index is 0.105. The van der Waals surface area contributed by atoms with E-state index in [1.165, 1.54) is 37.2 Å². The highest BCUT2D eigenvalue weighted by atomic mass is 32.2. The van der Waals surface area contributed by atoms with Crippen LogP contribution in [-0.2, 0) is 0 Å². The molecule has 0 aliphatic heterocycles. The molecule has 1 saturated carbocycles. The molecule has 100 valence electrons. The molecule has 1 aromatic rings. The van der Waals surface area contributed by atoms with Crippen molar-refractivity contribution in [2.75, 3.05) is 18.1 Å². The smallest absolute Gasteiger partial charge is 0.164 e. The van der Waals surface area contributed by atoms with Gasteiger partial charge in [-0.05, 0) is 44.5 Å². The third-order valence-corrected chi connectivity index (χ3v) is 6.05. The molecule has 1 heterocycles. The highest BCUT2D eigenvalue weighted by Gasteiger charge is 2.33. The van der Waals surface area contributed by atoms with E-state index < -0.39 is 0 Å². The van der Waals surface area contributed by atoms with Crippen molar-refractivity contribution in [2.45, 2.75) is 44.3 Å². The summed E-state index contributed by atoms with van der Waals surface area (Å²) in [6, 6.07) is 0. The number of carbonyl (C=O) groups excluding carboxylic acids is 1. The Hall–Kier alpha value is -0.550. The normalized spacial score (nSPS) is 17.9. The van der Waals surface area contributed by atoms with Gasteiger partial charge in [-0.2, -0.15) is 16.1 Å². The van der Waals surface area contributed by atoms with E-state index in [1.807, 2.05) is 18.7 Å². The molecule has 0 spiro atoms. The van der Waals surface area contributed by atoms with Gasteiger partial charge in [0.2, 0.25) is 0 Å². The fourth-order valence-corrected chi connectivity index (χ4v) is 4.37. The lowest BCUT2D eigenvalue weighted by molar-refractivity contribution is 0.101. The number of Topliss-reactive ketones (excluding diaryl/α,β-unsaturated/α-hetero) is 1. The molecule has 0 atom stereocenters. The number of nitrogens with one attached hydrogen (secondary N) is 1. The molecule has 1 aliphatic carbocycles. The van der Waals surface area contributed by atoms with Gasteiger partial charge in [0.25, 0.3) is 0 Å². The Morgan fingerprint density at radius 3 is 2.72 bits per heavy atom. The maximum Gasteiger partial charge on any atom is 0.164 e. The van der Waals surface area contributed by atoms with Crippen molar-refractivity contribution in [3.8, 4) is 0 Å². The second kappa shape index (κ2) is 5.61. The van der Waals surface area contributed by atoms with Crippen LogP contribution in [0.15, 0.2) is 0 Å². The number of thioether (sulfide) groups is 1. The van der Waals surface area contributed by atoms with Crippen molar-refractivity contribution in [1.29, 1.82) is 0 Å². The first-order valence-corrected chi connectivity index (χ1v) is 8.34. The van der Waals surface area contributed by atoms with Crippen molar-refractivity contribution in [3.05, 3.63) is 11.3 Å². The molecule has 3 nitrogen and oxygen atoms in total. The van der Waals surface area contributed by atoms with Crippen LogP contribution in [0.25, 0.3) is 0 Å². The number of aryl methyl sites for hydroxylation is 1. The van der Waals surface area contributed by atoms with Gasteiger partial charge in [-0.15, -0.1) is 0 Å². The quantitative estimate of drug-likeness (QED) is 0.836. The number of nitrogens with zero attached hydrogens (tertiary/aromatic N) is 1. The molecule has 0 radical (unpaired) electrons. The predicted molar refractivity (Wildman–Crippen MR) is 80.1 cm³/mol. The van der Waals surface area contributed by atoms with Crippen molar-refractivity contribution in [3.63, 3.8) is 0 Å². The molecule has 0 bridgehead atoms. The van der Waals surface area contributed by atoms with Gasteiger partial charge < -0.3 is 5.32 Å². The summed E-state index contributed by atoms with van der Waals surface area (Å²) in [5.41, 5.74) is 1.62. The number of hydrogen-bond donors (Lipinski definition) is 1. The standard InChI is InChI=1S/C13H20N2OS2/c1-9-11(10(2)16)12(18-15-9)14-8-13(17-3)6-4-5-7-13/h14H,4-8H2,1-3H3. The first kappa shape index (κ1) is 13.9. The number of hydrogen-bond acceptors (Lipinski definition) is 5. The second-order valence-electron chi connectivity index (χ2n) is 4.98. The molecule has 2 rings (SSSR count).